The van der Waals surface area contributed by atoms with Gasteiger partial charge in [0.15, 0.2) is 0 Å². The Labute approximate surface area is 118 Å². The lowest BCUT2D eigenvalue weighted by molar-refractivity contribution is -0.00289. The third-order valence-corrected chi connectivity index (χ3v) is 7.52. The highest BCUT2D eigenvalue weighted by atomic mass is 32.1. The lowest BCUT2D eigenvalue weighted by Crippen LogP contribution is -2.43. The first-order chi connectivity index (χ1) is 9.28. The molecular weight excluding hydrogens is 252 g/mol. The highest BCUT2D eigenvalue weighted by Gasteiger charge is 2.49. The Morgan fingerprint density at radius 1 is 1.00 bits per heavy atom. The van der Waals surface area contributed by atoms with E-state index in [2.05, 4.69) is 0 Å². The summed E-state index contributed by atoms with van der Waals surface area (Å²) in [5.41, 5.74) is 7.44. The van der Waals surface area contributed by atoms with Gasteiger partial charge in [-0.05, 0) is 68.6 Å². The summed E-state index contributed by atoms with van der Waals surface area (Å²) >= 11 is 2.01. The molecule has 2 nitrogen and oxygen atoms in total. The Morgan fingerprint density at radius 3 is 2.32 bits per heavy atom. The van der Waals surface area contributed by atoms with Gasteiger partial charge in [0, 0.05) is 16.8 Å². The maximum Gasteiger partial charge on any atom is 0.0968 e. The van der Waals surface area contributed by atoms with Crippen LogP contribution in [0.15, 0.2) is 0 Å². The van der Waals surface area contributed by atoms with Crippen molar-refractivity contribution in [2.75, 3.05) is 0 Å². The highest BCUT2D eigenvalue weighted by molar-refractivity contribution is 7.11. The van der Waals surface area contributed by atoms with Crippen LogP contribution in [0.3, 0.4) is 0 Å². The normalized spacial score (nSPS) is 46.8. The first-order valence-corrected chi connectivity index (χ1v) is 8.84. The summed E-state index contributed by atoms with van der Waals surface area (Å²) in [6.07, 6.45) is 9.82. The number of thiazole rings is 1. The number of nitrogens with zero attached hydrogens (tertiary/aromatic N) is 1. The zero-order chi connectivity index (χ0) is 12.6. The number of fused-ring (bicyclic) bond motifs is 1. The Morgan fingerprint density at radius 2 is 1.68 bits per heavy atom. The Kier molecular flexibility index (Phi) is 2.27. The first-order valence-electron chi connectivity index (χ1n) is 8.03. The molecule has 1 aromatic heterocycles. The summed E-state index contributed by atoms with van der Waals surface area (Å²) < 4.78 is 0. The minimum Gasteiger partial charge on any atom is -0.323 e. The van der Waals surface area contributed by atoms with Crippen molar-refractivity contribution in [1.82, 2.24) is 4.98 Å². The van der Waals surface area contributed by atoms with E-state index >= 15 is 0 Å². The molecule has 3 heteroatoms. The molecule has 1 heterocycles. The zero-order valence-electron chi connectivity index (χ0n) is 11.3. The maximum atomic E-state index is 6.18. The van der Waals surface area contributed by atoms with Crippen molar-refractivity contribution < 1.29 is 0 Å². The number of rotatable bonds is 1. The van der Waals surface area contributed by atoms with Crippen molar-refractivity contribution >= 4 is 11.3 Å². The monoisotopic (exact) mass is 274 g/mol. The minimum atomic E-state index is 0.233. The molecule has 102 valence electrons. The van der Waals surface area contributed by atoms with Crippen molar-refractivity contribution in [3.63, 3.8) is 0 Å². The van der Waals surface area contributed by atoms with Crippen molar-refractivity contribution in [3.8, 4) is 0 Å². The minimum absolute atomic E-state index is 0.233. The molecule has 6 rings (SSSR count). The molecule has 1 atom stereocenters. The highest BCUT2D eigenvalue weighted by Crippen LogP contribution is 2.60. The van der Waals surface area contributed by atoms with Gasteiger partial charge < -0.3 is 5.73 Å². The van der Waals surface area contributed by atoms with Crippen LogP contribution in [-0.4, -0.2) is 4.98 Å². The third kappa shape index (κ3) is 1.55. The summed E-state index contributed by atoms with van der Waals surface area (Å²) in [6, 6.07) is 0.233. The number of aryl methyl sites for hydroxylation is 1. The standard InChI is InChI=1S/C16H22N2S/c17-12-1-2-13-15(12)18-16(19-13)14-10-4-8-3-9(6-10)7-11(14)5-8/h8-12,14H,1-7,17H2. The van der Waals surface area contributed by atoms with Crippen LogP contribution in [0, 0.1) is 23.7 Å². The summed E-state index contributed by atoms with van der Waals surface area (Å²) in [5, 5.41) is 1.47. The molecule has 5 aliphatic rings. The van der Waals surface area contributed by atoms with Gasteiger partial charge in [-0.15, -0.1) is 11.3 Å². The van der Waals surface area contributed by atoms with E-state index in [1.807, 2.05) is 11.3 Å². The molecule has 5 aliphatic carbocycles. The molecule has 1 aromatic rings. The topological polar surface area (TPSA) is 38.9 Å². The molecule has 0 spiro atoms. The Balaban J connectivity index is 1.51. The molecule has 19 heavy (non-hydrogen) atoms. The van der Waals surface area contributed by atoms with Gasteiger partial charge in [0.25, 0.3) is 0 Å². The number of nitrogens with two attached hydrogens (primary N) is 1. The fraction of sp³-hybridized carbons (Fsp3) is 0.812. The molecule has 0 radical (unpaired) electrons. The molecule has 4 fully saturated rings. The second kappa shape index (κ2) is 3.82. The third-order valence-electron chi connectivity index (χ3n) is 6.29. The Bertz CT molecular complexity index is 493. The molecular formula is C16H22N2S. The van der Waals surface area contributed by atoms with Crippen LogP contribution in [0.1, 0.15) is 66.1 Å². The molecule has 1 unspecified atom stereocenters. The van der Waals surface area contributed by atoms with Gasteiger partial charge in [-0.3, -0.25) is 0 Å². The van der Waals surface area contributed by atoms with E-state index in [0.29, 0.717) is 0 Å². The van der Waals surface area contributed by atoms with Gasteiger partial charge in [-0.1, -0.05) is 0 Å². The van der Waals surface area contributed by atoms with Crippen LogP contribution in [0.4, 0.5) is 0 Å². The fourth-order valence-electron chi connectivity index (χ4n) is 5.75. The lowest BCUT2D eigenvalue weighted by atomic mass is 9.52. The first kappa shape index (κ1) is 11.3. The molecule has 2 N–H and O–H groups in total. The van der Waals surface area contributed by atoms with Gasteiger partial charge in [0.1, 0.15) is 0 Å². The van der Waals surface area contributed by atoms with Crippen LogP contribution >= 0.6 is 11.3 Å². The smallest absolute Gasteiger partial charge is 0.0968 e. The molecule has 0 aliphatic heterocycles. The van der Waals surface area contributed by atoms with Gasteiger partial charge >= 0.3 is 0 Å². The van der Waals surface area contributed by atoms with Crippen molar-refractivity contribution in [1.29, 1.82) is 0 Å². The van der Waals surface area contributed by atoms with E-state index in [0.717, 1.165) is 36.0 Å². The van der Waals surface area contributed by atoms with Crippen LogP contribution in [0.2, 0.25) is 0 Å². The van der Waals surface area contributed by atoms with E-state index < -0.39 is 0 Å². The number of hydrogen-bond acceptors (Lipinski definition) is 3. The van der Waals surface area contributed by atoms with Crippen LogP contribution < -0.4 is 5.73 Å². The van der Waals surface area contributed by atoms with E-state index in [1.54, 1.807) is 6.42 Å². The molecule has 0 aromatic carbocycles. The van der Waals surface area contributed by atoms with Crippen LogP contribution in [-0.2, 0) is 6.42 Å². The zero-order valence-corrected chi connectivity index (χ0v) is 12.2. The molecule has 4 saturated carbocycles. The molecule has 4 bridgehead atoms. The summed E-state index contributed by atoms with van der Waals surface area (Å²) in [6.45, 7) is 0. The maximum absolute atomic E-state index is 6.18. The quantitative estimate of drug-likeness (QED) is 0.849. The van der Waals surface area contributed by atoms with Gasteiger partial charge in [0.2, 0.25) is 0 Å². The van der Waals surface area contributed by atoms with Crippen molar-refractivity contribution in [2.24, 2.45) is 29.4 Å². The second-order valence-electron chi connectivity index (χ2n) is 7.46. The van der Waals surface area contributed by atoms with Crippen molar-refractivity contribution in [2.45, 2.75) is 56.9 Å². The van der Waals surface area contributed by atoms with E-state index in [1.165, 1.54) is 47.7 Å². The number of aromatic nitrogens is 1. The lowest BCUT2D eigenvalue weighted by Gasteiger charge is -2.53. The fourth-order valence-corrected chi connectivity index (χ4v) is 7.18. The average molecular weight is 274 g/mol. The molecule has 0 amide bonds. The molecule has 0 saturated heterocycles. The van der Waals surface area contributed by atoms with Gasteiger partial charge in [0.05, 0.1) is 10.7 Å². The van der Waals surface area contributed by atoms with Crippen LogP contribution in [0.25, 0.3) is 0 Å². The predicted octanol–water partition coefficient (Wildman–Crippen LogP) is 3.63. The van der Waals surface area contributed by atoms with E-state index in [4.69, 9.17) is 10.7 Å². The summed E-state index contributed by atoms with van der Waals surface area (Å²) in [5.74, 6) is 4.84. The largest absolute Gasteiger partial charge is 0.323 e. The van der Waals surface area contributed by atoms with Crippen LogP contribution in [0.5, 0.6) is 0 Å². The van der Waals surface area contributed by atoms with Gasteiger partial charge in [-0.2, -0.15) is 0 Å². The summed E-state index contributed by atoms with van der Waals surface area (Å²) in [4.78, 5) is 6.52. The Hall–Kier alpha value is -0.410. The van der Waals surface area contributed by atoms with Crippen molar-refractivity contribution in [3.05, 3.63) is 15.6 Å². The predicted molar refractivity (Wildman–Crippen MR) is 77.1 cm³/mol. The average Bonchev–Trinajstić information content (AvgIpc) is 2.91. The summed E-state index contributed by atoms with van der Waals surface area (Å²) in [7, 11) is 0. The van der Waals surface area contributed by atoms with E-state index in [-0.39, 0.29) is 6.04 Å². The van der Waals surface area contributed by atoms with E-state index in [9.17, 15) is 0 Å². The SMILES string of the molecule is NC1CCc2sc(C3C4CC5CC(C4)CC3C5)nc21. The van der Waals surface area contributed by atoms with Gasteiger partial charge in [-0.25, -0.2) is 4.98 Å². The second-order valence-corrected chi connectivity index (χ2v) is 8.58. The number of hydrogen-bond donors (Lipinski definition) is 1.